The van der Waals surface area contributed by atoms with Gasteiger partial charge in [-0.1, -0.05) is 0 Å². The second-order valence-electron chi connectivity index (χ2n) is 7.08. The summed E-state index contributed by atoms with van der Waals surface area (Å²) in [4.78, 5) is 18.4. The van der Waals surface area contributed by atoms with Crippen molar-refractivity contribution in [2.75, 3.05) is 12.4 Å². The van der Waals surface area contributed by atoms with Gasteiger partial charge in [-0.25, -0.2) is 4.98 Å². The number of hydrogen-bond donors (Lipinski definition) is 2. The van der Waals surface area contributed by atoms with Gasteiger partial charge in [0.25, 0.3) is 0 Å². The van der Waals surface area contributed by atoms with Gasteiger partial charge in [-0.15, -0.1) is 23.7 Å². The molecule has 4 unspecified atom stereocenters. The normalized spacial score (nSPS) is 26.4. The van der Waals surface area contributed by atoms with Crippen LogP contribution in [0.3, 0.4) is 0 Å². The maximum absolute atomic E-state index is 12.7. The van der Waals surface area contributed by atoms with Crippen molar-refractivity contribution in [3.8, 4) is 17.0 Å². The Morgan fingerprint density at radius 3 is 2.58 bits per heavy atom. The van der Waals surface area contributed by atoms with Crippen LogP contribution in [0, 0.1) is 24.7 Å². The number of ether oxygens (including phenoxy) is 1. The van der Waals surface area contributed by atoms with Crippen molar-refractivity contribution in [3.63, 3.8) is 0 Å². The van der Waals surface area contributed by atoms with Gasteiger partial charge in [0.1, 0.15) is 5.75 Å². The number of nitrogens with zero attached hydrogens (tertiary/aromatic N) is 1. The van der Waals surface area contributed by atoms with E-state index in [2.05, 4.69) is 10.3 Å². The van der Waals surface area contributed by atoms with E-state index in [4.69, 9.17) is 10.5 Å². The number of amides is 1. The Labute approximate surface area is 163 Å². The first-order valence-electron chi connectivity index (χ1n) is 8.75. The number of nitrogens with one attached hydrogen (secondary N) is 1. The van der Waals surface area contributed by atoms with Gasteiger partial charge in [-0.3, -0.25) is 4.79 Å². The van der Waals surface area contributed by atoms with E-state index < -0.39 is 0 Å². The van der Waals surface area contributed by atoms with Crippen molar-refractivity contribution in [3.05, 3.63) is 29.1 Å². The summed E-state index contributed by atoms with van der Waals surface area (Å²) in [5.41, 5.74) is 8.21. The summed E-state index contributed by atoms with van der Waals surface area (Å²) in [6.07, 6.45) is 3.41. The minimum atomic E-state index is -0.0626. The van der Waals surface area contributed by atoms with Crippen molar-refractivity contribution in [2.24, 2.45) is 23.5 Å². The predicted molar refractivity (Wildman–Crippen MR) is 107 cm³/mol. The summed E-state index contributed by atoms with van der Waals surface area (Å²) in [6.45, 7) is 2.02. The molecule has 3 N–H and O–H groups in total. The first-order valence-corrected chi connectivity index (χ1v) is 9.56. The summed E-state index contributed by atoms with van der Waals surface area (Å²) in [5.74, 6) is 1.76. The van der Waals surface area contributed by atoms with Crippen molar-refractivity contribution in [1.82, 2.24) is 4.98 Å². The largest absolute Gasteiger partial charge is 0.497 e. The number of benzene rings is 1. The van der Waals surface area contributed by atoms with E-state index in [1.165, 1.54) is 17.8 Å². The molecule has 4 rings (SSSR count). The lowest BCUT2D eigenvalue weighted by molar-refractivity contribution is -0.121. The van der Waals surface area contributed by atoms with Crippen molar-refractivity contribution < 1.29 is 9.53 Å². The smallest absolute Gasteiger partial charge is 0.231 e. The maximum atomic E-state index is 12.7. The lowest BCUT2D eigenvalue weighted by Crippen LogP contribution is -2.42. The van der Waals surface area contributed by atoms with E-state index in [0.717, 1.165) is 34.7 Å². The lowest BCUT2D eigenvalue weighted by atomic mass is 9.84. The second kappa shape index (κ2) is 7.55. The molecule has 2 aromatic rings. The predicted octanol–water partition coefficient (Wildman–Crippen LogP) is 3.86. The van der Waals surface area contributed by atoms with Crippen LogP contribution in [0.25, 0.3) is 11.3 Å². The monoisotopic (exact) mass is 393 g/mol. The molecule has 2 aliphatic rings. The minimum absolute atomic E-state index is 0. The van der Waals surface area contributed by atoms with Crippen LogP contribution >= 0.6 is 23.7 Å². The van der Waals surface area contributed by atoms with E-state index in [1.54, 1.807) is 7.11 Å². The van der Waals surface area contributed by atoms with Crippen LogP contribution in [-0.2, 0) is 4.79 Å². The quantitative estimate of drug-likeness (QED) is 0.826. The molecular weight excluding hydrogens is 370 g/mol. The van der Waals surface area contributed by atoms with Crippen molar-refractivity contribution in [1.29, 1.82) is 0 Å². The molecule has 1 heterocycles. The Kier molecular flexibility index (Phi) is 5.55. The van der Waals surface area contributed by atoms with Gasteiger partial charge >= 0.3 is 0 Å². The molecule has 0 radical (unpaired) electrons. The Morgan fingerprint density at radius 2 is 1.96 bits per heavy atom. The molecule has 4 atom stereocenters. The van der Waals surface area contributed by atoms with Gasteiger partial charge in [0.2, 0.25) is 5.91 Å². The zero-order valence-corrected chi connectivity index (χ0v) is 16.5. The third kappa shape index (κ3) is 3.33. The van der Waals surface area contributed by atoms with E-state index in [-0.39, 0.29) is 30.3 Å². The highest BCUT2D eigenvalue weighted by Crippen LogP contribution is 2.48. The van der Waals surface area contributed by atoms with Crippen LogP contribution in [0.1, 0.15) is 24.1 Å². The Balaban J connectivity index is 0.00000196. The zero-order valence-electron chi connectivity index (χ0n) is 14.9. The summed E-state index contributed by atoms with van der Waals surface area (Å²) >= 11 is 1.51. The molecule has 5 nitrogen and oxygen atoms in total. The number of aromatic nitrogens is 1. The summed E-state index contributed by atoms with van der Waals surface area (Å²) in [6, 6.07) is 7.80. The second-order valence-corrected chi connectivity index (χ2v) is 8.28. The molecule has 2 bridgehead atoms. The van der Waals surface area contributed by atoms with Crippen LogP contribution in [-0.4, -0.2) is 24.0 Å². The molecule has 2 aliphatic carbocycles. The fourth-order valence-corrected chi connectivity index (χ4v) is 5.22. The number of carbonyl (C=O) groups excluding carboxylic acids is 1. The molecule has 2 fully saturated rings. The van der Waals surface area contributed by atoms with E-state index in [0.29, 0.717) is 17.0 Å². The Morgan fingerprint density at radius 1 is 1.27 bits per heavy atom. The summed E-state index contributed by atoms with van der Waals surface area (Å²) in [5, 5.41) is 3.67. The number of methoxy groups -OCH3 is 1. The SMILES string of the molecule is COc1ccc(-c2nc(NC(=O)C3C4CCC(C4)C3N)sc2C)cc1.Cl. The zero-order chi connectivity index (χ0) is 17.6. The third-order valence-corrected chi connectivity index (χ3v) is 6.56. The van der Waals surface area contributed by atoms with Gasteiger partial charge in [-0.2, -0.15) is 0 Å². The molecule has 0 aliphatic heterocycles. The first-order chi connectivity index (χ1) is 12.1. The summed E-state index contributed by atoms with van der Waals surface area (Å²) in [7, 11) is 1.65. The average molecular weight is 394 g/mol. The number of nitrogens with two attached hydrogens (primary N) is 1. The van der Waals surface area contributed by atoms with E-state index in [9.17, 15) is 4.79 Å². The highest BCUT2D eigenvalue weighted by atomic mass is 35.5. The molecule has 1 aromatic heterocycles. The number of fused-ring (bicyclic) bond motifs is 2. The lowest BCUT2D eigenvalue weighted by Gasteiger charge is -2.26. The molecule has 26 heavy (non-hydrogen) atoms. The van der Waals surface area contributed by atoms with Gasteiger partial charge in [0.05, 0.1) is 18.7 Å². The number of carbonyl (C=O) groups is 1. The number of thiazole rings is 1. The standard InChI is InChI=1S/C19H23N3O2S.ClH/c1-10-17(11-5-7-14(24-2)8-6-11)21-19(25-10)22-18(23)15-12-3-4-13(9-12)16(15)20;/h5-8,12-13,15-16H,3-4,9,20H2,1-2H3,(H,21,22,23);1H. The topological polar surface area (TPSA) is 77.2 Å². The molecule has 2 saturated carbocycles. The fraction of sp³-hybridized carbons (Fsp3) is 0.474. The van der Waals surface area contributed by atoms with E-state index in [1.807, 2.05) is 31.2 Å². The molecule has 1 amide bonds. The van der Waals surface area contributed by atoms with Gasteiger partial charge in [-0.05, 0) is 62.3 Å². The Bertz CT molecular complexity index is 791. The van der Waals surface area contributed by atoms with Gasteiger partial charge < -0.3 is 15.8 Å². The number of anilines is 1. The van der Waals surface area contributed by atoms with Crippen LogP contribution in [0.2, 0.25) is 0 Å². The van der Waals surface area contributed by atoms with Crippen LogP contribution in [0.5, 0.6) is 5.75 Å². The highest BCUT2D eigenvalue weighted by Gasteiger charge is 2.49. The Hall–Kier alpha value is -1.63. The number of aryl methyl sites for hydroxylation is 1. The van der Waals surface area contributed by atoms with E-state index >= 15 is 0 Å². The van der Waals surface area contributed by atoms with Gasteiger partial charge in [0.15, 0.2) is 5.13 Å². The van der Waals surface area contributed by atoms with Crippen molar-refractivity contribution in [2.45, 2.75) is 32.2 Å². The fourth-order valence-electron chi connectivity index (χ4n) is 4.38. The van der Waals surface area contributed by atoms with Crippen LogP contribution < -0.4 is 15.8 Å². The highest BCUT2D eigenvalue weighted by molar-refractivity contribution is 7.16. The number of halogens is 1. The molecule has 7 heteroatoms. The first kappa shape index (κ1) is 19.1. The third-order valence-electron chi connectivity index (χ3n) is 5.67. The van der Waals surface area contributed by atoms with Crippen molar-refractivity contribution >= 4 is 34.8 Å². The van der Waals surface area contributed by atoms with Gasteiger partial charge in [0, 0.05) is 16.5 Å². The summed E-state index contributed by atoms with van der Waals surface area (Å²) < 4.78 is 5.20. The minimum Gasteiger partial charge on any atom is -0.497 e. The van der Waals surface area contributed by atoms with Crippen LogP contribution in [0.15, 0.2) is 24.3 Å². The molecular formula is C19H24ClN3O2S. The molecule has 140 valence electrons. The molecule has 0 saturated heterocycles. The molecule has 0 spiro atoms. The molecule has 1 aromatic carbocycles. The van der Waals surface area contributed by atoms with Crippen LogP contribution in [0.4, 0.5) is 5.13 Å². The average Bonchev–Trinajstić information content (AvgIpc) is 3.29. The number of rotatable bonds is 4. The maximum Gasteiger partial charge on any atom is 0.231 e. The number of hydrogen-bond acceptors (Lipinski definition) is 5.